The molecule has 3 aliphatic heterocycles. The number of aliphatic imine (C=N–C) groups is 1. The summed E-state index contributed by atoms with van der Waals surface area (Å²) in [6.45, 7) is 3.01. The molecule has 2 atom stereocenters. The summed E-state index contributed by atoms with van der Waals surface area (Å²) in [5, 5.41) is 13.3. The Hall–Kier alpha value is -3.80. The number of carbonyl (C=O) groups excluding carboxylic acids is 3. The number of hydrogen-bond donors (Lipinski definition) is 3. The van der Waals surface area contributed by atoms with Crippen LogP contribution in [0, 0.1) is 0 Å². The minimum Gasteiger partial charge on any atom is -0.383 e. The normalized spacial score (nSPS) is 20.3. The van der Waals surface area contributed by atoms with E-state index in [0.717, 1.165) is 16.7 Å². The van der Waals surface area contributed by atoms with Crippen LogP contribution in [0.3, 0.4) is 0 Å². The molecule has 0 saturated carbocycles. The summed E-state index contributed by atoms with van der Waals surface area (Å²) in [6.07, 6.45) is -2.87. The van der Waals surface area contributed by atoms with E-state index in [1.165, 1.54) is 4.90 Å². The van der Waals surface area contributed by atoms with Gasteiger partial charge in [0.05, 0.1) is 32.8 Å². The minimum absolute atomic E-state index is 0.000437. The van der Waals surface area contributed by atoms with Gasteiger partial charge in [-0.05, 0) is 41.5 Å². The van der Waals surface area contributed by atoms with Gasteiger partial charge < -0.3 is 35.4 Å². The Morgan fingerprint density at radius 1 is 1.14 bits per heavy atom. The molecular weight excluding hydrogens is 478 g/mol. The summed E-state index contributed by atoms with van der Waals surface area (Å²) in [5.41, 5.74) is 9.32. The zero-order valence-electron chi connectivity index (χ0n) is 20.3. The number of benzene rings is 2. The number of aliphatic hydroxyl groups excluding tert-OH is 1. The summed E-state index contributed by atoms with van der Waals surface area (Å²) in [5.74, 6) is -0.833. The van der Waals surface area contributed by atoms with Crippen molar-refractivity contribution in [3.8, 4) is 0 Å². The summed E-state index contributed by atoms with van der Waals surface area (Å²) in [6, 6.07) is 12.3. The third-order valence-electron chi connectivity index (χ3n) is 6.69. The highest BCUT2D eigenvalue weighted by molar-refractivity contribution is 6.05. The van der Waals surface area contributed by atoms with Crippen LogP contribution in [0.15, 0.2) is 47.5 Å². The van der Waals surface area contributed by atoms with Gasteiger partial charge in [-0.3, -0.25) is 19.4 Å². The van der Waals surface area contributed by atoms with Gasteiger partial charge in [-0.15, -0.1) is 0 Å². The molecule has 2 aromatic carbocycles. The molecule has 5 rings (SSSR count). The number of hydrogen-bond acceptors (Lipinski definition) is 8. The molecule has 0 aliphatic carbocycles. The summed E-state index contributed by atoms with van der Waals surface area (Å²) in [4.78, 5) is 46.1. The standard InChI is InChI=1S/C26H29N5O6/c27-24-20-5-4-18(14-17(20)15-28-24)29-25(34)22(33)23-26(35)31(8-11-37-23)19-3-1-2-16(12-19)13-21(32)30-6-9-36-10-7-30/h1-5,12,14,22-23,33H,6-11,13,15H2,(H2,27,28)(H,29,34). The first kappa shape index (κ1) is 24.9. The number of fused-ring (bicyclic) bond motifs is 1. The zero-order chi connectivity index (χ0) is 25.9. The van der Waals surface area contributed by atoms with Crippen molar-refractivity contribution < 1.29 is 29.0 Å². The Balaban J connectivity index is 1.24. The number of amidine groups is 1. The van der Waals surface area contributed by atoms with Crippen molar-refractivity contribution in [1.82, 2.24) is 4.90 Å². The lowest BCUT2D eigenvalue weighted by atomic mass is 10.1. The molecule has 2 fully saturated rings. The predicted molar refractivity (Wildman–Crippen MR) is 135 cm³/mol. The van der Waals surface area contributed by atoms with Crippen molar-refractivity contribution in [2.75, 3.05) is 49.7 Å². The van der Waals surface area contributed by atoms with Gasteiger partial charge in [0, 0.05) is 36.6 Å². The highest BCUT2D eigenvalue weighted by Gasteiger charge is 2.39. The molecule has 11 nitrogen and oxygen atoms in total. The first-order valence-corrected chi connectivity index (χ1v) is 12.2. The maximum Gasteiger partial charge on any atom is 0.259 e. The van der Waals surface area contributed by atoms with Crippen LogP contribution in [0.4, 0.5) is 11.4 Å². The lowest BCUT2D eigenvalue weighted by Gasteiger charge is -2.34. The number of nitrogens with one attached hydrogen (secondary N) is 1. The monoisotopic (exact) mass is 507 g/mol. The molecule has 194 valence electrons. The Morgan fingerprint density at radius 2 is 1.95 bits per heavy atom. The average molecular weight is 508 g/mol. The number of carbonyl (C=O) groups is 3. The zero-order valence-corrected chi connectivity index (χ0v) is 20.3. The van der Waals surface area contributed by atoms with Crippen LogP contribution >= 0.6 is 0 Å². The smallest absolute Gasteiger partial charge is 0.259 e. The second-order valence-corrected chi connectivity index (χ2v) is 9.13. The van der Waals surface area contributed by atoms with Crippen molar-refractivity contribution >= 4 is 34.9 Å². The largest absolute Gasteiger partial charge is 0.383 e. The van der Waals surface area contributed by atoms with Crippen LogP contribution in [0.25, 0.3) is 0 Å². The topological polar surface area (TPSA) is 147 Å². The van der Waals surface area contributed by atoms with E-state index >= 15 is 0 Å². The molecule has 4 N–H and O–H groups in total. The van der Waals surface area contributed by atoms with E-state index in [-0.39, 0.29) is 25.5 Å². The molecule has 0 aromatic heterocycles. The minimum atomic E-state index is -1.71. The third-order valence-corrected chi connectivity index (χ3v) is 6.69. The van der Waals surface area contributed by atoms with Gasteiger partial charge >= 0.3 is 0 Å². The summed E-state index contributed by atoms with van der Waals surface area (Å²) >= 11 is 0. The van der Waals surface area contributed by atoms with Gasteiger partial charge in [0.25, 0.3) is 11.8 Å². The van der Waals surface area contributed by atoms with Crippen LogP contribution in [0.5, 0.6) is 0 Å². The molecule has 11 heteroatoms. The molecule has 2 saturated heterocycles. The summed E-state index contributed by atoms with van der Waals surface area (Å²) in [7, 11) is 0. The van der Waals surface area contributed by atoms with Crippen molar-refractivity contribution in [1.29, 1.82) is 0 Å². The number of nitrogens with two attached hydrogens (primary N) is 1. The fraction of sp³-hybridized carbons (Fsp3) is 0.385. The highest BCUT2D eigenvalue weighted by atomic mass is 16.5. The summed E-state index contributed by atoms with van der Waals surface area (Å²) < 4.78 is 10.8. The van der Waals surface area contributed by atoms with Crippen molar-refractivity contribution in [2.24, 2.45) is 10.7 Å². The molecule has 2 aromatic rings. The highest BCUT2D eigenvalue weighted by Crippen LogP contribution is 2.24. The fourth-order valence-electron chi connectivity index (χ4n) is 4.68. The number of amides is 3. The quantitative estimate of drug-likeness (QED) is 0.500. The van der Waals surface area contributed by atoms with Gasteiger partial charge in [0.15, 0.2) is 12.2 Å². The van der Waals surface area contributed by atoms with E-state index < -0.39 is 24.0 Å². The Labute approximate surface area is 213 Å². The number of rotatable bonds is 6. The van der Waals surface area contributed by atoms with Crippen LogP contribution in [0.2, 0.25) is 0 Å². The SMILES string of the molecule is NC1=NCc2cc(NC(=O)C(O)C3OCCN(c4cccc(CC(=O)N5CCOCC5)c4)C3=O)ccc21. The van der Waals surface area contributed by atoms with Crippen LogP contribution in [0.1, 0.15) is 16.7 Å². The predicted octanol–water partition coefficient (Wildman–Crippen LogP) is 0.0382. The van der Waals surface area contributed by atoms with E-state index in [1.807, 2.05) is 6.07 Å². The number of anilines is 2. The van der Waals surface area contributed by atoms with Gasteiger partial charge in [-0.1, -0.05) is 12.1 Å². The Bertz CT molecular complexity index is 1240. The molecule has 3 heterocycles. The molecule has 0 bridgehead atoms. The van der Waals surface area contributed by atoms with Crippen LogP contribution < -0.4 is 16.0 Å². The molecule has 0 radical (unpaired) electrons. The van der Waals surface area contributed by atoms with Gasteiger partial charge in [-0.25, -0.2) is 0 Å². The number of ether oxygens (including phenoxy) is 2. The molecule has 3 amide bonds. The molecule has 37 heavy (non-hydrogen) atoms. The number of morpholine rings is 2. The molecule has 3 aliphatic rings. The lowest BCUT2D eigenvalue weighted by molar-refractivity contribution is -0.150. The van der Waals surface area contributed by atoms with E-state index in [1.54, 1.807) is 41.3 Å². The van der Waals surface area contributed by atoms with Crippen LogP contribution in [-0.4, -0.2) is 85.2 Å². The number of aliphatic hydroxyl groups is 1. The van der Waals surface area contributed by atoms with Gasteiger partial charge in [0.1, 0.15) is 5.84 Å². The maximum atomic E-state index is 13.2. The maximum absolute atomic E-state index is 13.2. The molecular formula is C26H29N5O6. The van der Waals surface area contributed by atoms with E-state index in [4.69, 9.17) is 15.2 Å². The van der Waals surface area contributed by atoms with Crippen LogP contribution in [-0.2, 0) is 36.8 Å². The van der Waals surface area contributed by atoms with Crippen molar-refractivity contribution in [2.45, 2.75) is 25.2 Å². The average Bonchev–Trinajstić information content (AvgIpc) is 3.28. The van der Waals surface area contributed by atoms with E-state index in [0.29, 0.717) is 50.1 Å². The molecule has 0 spiro atoms. The number of nitrogens with zero attached hydrogens (tertiary/aromatic N) is 3. The second kappa shape index (κ2) is 10.7. The first-order valence-electron chi connectivity index (χ1n) is 12.2. The van der Waals surface area contributed by atoms with E-state index in [9.17, 15) is 19.5 Å². The fourth-order valence-corrected chi connectivity index (χ4v) is 4.68. The Morgan fingerprint density at radius 3 is 2.76 bits per heavy atom. The Kier molecular flexibility index (Phi) is 7.17. The van der Waals surface area contributed by atoms with E-state index in [2.05, 4.69) is 10.3 Å². The van der Waals surface area contributed by atoms with Crippen molar-refractivity contribution in [3.05, 3.63) is 59.2 Å². The second-order valence-electron chi connectivity index (χ2n) is 9.13. The van der Waals surface area contributed by atoms with Gasteiger partial charge in [-0.2, -0.15) is 0 Å². The lowest BCUT2D eigenvalue weighted by Crippen LogP contribution is -2.55. The van der Waals surface area contributed by atoms with Crippen molar-refractivity contribution in [3.63, 3.8) is 0 Å². The van der Waals surface area contributed by atoms with Gasteiger partial charge in [0.2, 0.25) is 5.91 Å². The third kappa shape index (κ3) is 5.33. The molecule has 2 unspecified atom stereocenters. The first-order chi connectivity index (χ1) is 17.9.